The molecule has 0 aliphatic heterocycles. The van der Waals surface area contributed by atoms with Gasteiger partial charge in [-0.2, -0.15) is 0 Å². The van der Waals surface area contributed by atoms with Crippen molar-refractivity contribution in [1.82, 2.24) is 0 Å². The molecule has 2 aromatic carbocycles. The summed E-state index contributed by atoms with van der Waals surface area (Å²) in [5, 5.41) is 48.4. The lowest BCUT2D eigenvalue weighted by Gasteiger charge is -1.95. The van der Waals surface area contributed by atoms with Gasteiger partial charge in [0.05, 0.1) is 14.8 Å². The van der Waals surface area contributed by atoms with Gasteiger partial charge in [0, 0.05) is 12.1 Å². The number of nitro benzene ring substituents is 3. The van der Waals surface area contributed by atoms with E-state index in [1.165, 1.54) is 30.3 Å². The number of nitro groups is 3. The van der Waals surface area contributed by atoms with Crippen molar-refractivity contribution in [3.63, 3.8) is 0 Å². The van der Waals surface area contributed by atoms with Crippen LogP contribution in [-0.4, -0.2) is 25.0 Å². The molecule has 2 aromatic rings. The van der Waals surface area contributed by atoms with E-state index in [1.54, 1.807) is 0 Å². The standard InChI is InChI=1S/C6H4N2O5.C6H5NO3/c9-5-3-1-2-4(7(10)11)6(5)8(12)13;8-6-4-2-1-3-5(6)7(9)10/h1-3,9H;1-4,8H. The molecule has 0 saturated heterocycles. The summed E-state index contributed by atoms with van der Waals surface area (Å²) >= 11 is 0. The van der Waals surface area contributed by atoms with E-state index in [2.05, 4.69) is 0 Å². The van der Waals surface area contributed by atoms with Crippen LogP contribution in [0, 0.1) is 30.3 Å². The minimum absolute atomic E-state index is 0.262. The van der Waals surface area contributed by atoms with E-state index in [-0.39, 0.29) is 11.4 Å². The Labute approximate surface area is 127 Å². The molecule has 2 N–H and O–H groups in total. The largest absolute Gasteiger partial charge is 0.502 e. The average Bonchev–Trinajstić information content (AvgIpc) is 2.47. The maximum Gasteiger partial charge on any atom is 0.387 e. The van der Waals surface area contributed by atoms with Crippen LogP contribution in [0.25, 0.3) is 0 Å². The molecule has 0 aliphatic rings. The fourth-order valence-corrected chi connectivity index (χ4v) is 1.47. The van der Waals surface area contributed by atoms with Gasteiger partial charge >= 0.3 is 17.1 Å². The molecule has 11 heteroatoms. The molecule has 2 rings (SSSR count). The van der Waals surface area contributed by atoms with Crippen LogP contribution in [0.1, 0.15) is 0 Å². The summed E-state index contributed by atoms with van der Waals surface area (Å²) in [6.45, 7) is 0. The van der Waals surface area contributed by atoms with E-state index in [4.69, 9.17) is 10.2 Å². The molecule has 0 fully saturated rings. The predicted molar refractivity (Wildman–Crippen MR) is 76.2 cm³/mol. The highest BCUT2D eigenvalue weighted by molar-refractivity contribution is 5.60. The van der Waals surface area contributed by atoms with E-state index in [9.17, 15) is 30.3 Å². The van der Waals surface area contributed by atoms with Gasteiger partial charge in [0.1, 0.15) is 0 Å². The van der Waals surface area contributed by atoms with E-state index in [0.717, 1.165) is 12.1 Å². The highest BCUT2D eigenvalue weighted by Gasteiger charge is 2.27. The number of nitrogens with zero attached hydrogens (tertiary/aromatic N) is 3. The van der Waals surface area contributed by atoms with E-state index >= 15 is 0 Å². The lowest BCUT2D eigenvalue weighted by molar-refractivity contribution is -0.423. The third-order valence-electron chi connectivity index (χ3n) is 2.45. The number of phenolic OH excluding ortho intramolecular Hbond substituents is 2. The van der Waals surface area contributed by atoms with Gasteiger partial charge in [0.2, 0.25) is 5.75 Å². The number of para-hydroxylation sites is 3. The Hall–Kier alpha value is -3.76. The van der Waals surface area contributed by atoms with Gasteiger partial charge in [-0.15, -0.1) is 0 Å². The first kappa shape index (κ1) is 17.3. The van der Waals surface area contributed by atoms with Crippen molar-refractivity contribution < 1.29 is 25.0 Å². The Bertz CT molecular complexity index is 762. The lowest BCUT2D eigenvalue weighted by atomic mass is 10.2. The summed E-state index contributed by atoms with van der Waals surface area (Å²) in [7, 11) is 0. The zero-order valence-electron chi connectivity index (χ0n) is 11.2. The molecule has 0 bridgehead atoms. The van der Waals surface area contributed by atoms with Gasteiger partial charge in [-0.25, -0.2) is 0 Å². The number of phenols is 2. The monoisotopic (exact) mass is 323 g/mol. The number of aromatic hydroxyl groups is 2. The summed E-state index contributed by atoms with van der Waals surface area (Å²) in [6, 6.07) is 8.69. The van der Waals surface area contributed by atoms with Crippen molar-refractivity contribution in [1.29, 1.82) is 0 Å². The van der Waals surface area contributed by atoms with Crippen LogP contribution in [0.3, 0.4) is 0 Å². The first-order valence-electron chi connectivity index (χ1n) is 5.78. The molecule has 11 nitrogen and oxygen atoms in total. The zero-order valence-corrected chi connectivity index (χ0v) is 11.2. The Balaban J connectivity index is 0.000000238. The van der Waals surface area contributed by atoms with Gasteiger partial charge in [0.15, 0.2) is 5.75 Å². The summed E-state index contributed by atoms with van der Waals surface area (Å²) in [5.74, 6) is -1.01. The normalized spacial score (nSPS) is 9.39. The molecule has 0 heterocycles. The van der Waals surface area contributed by atoms with Gasteiger partial charge < -0.3 is 10.2 Å². The van der Waals surface area contributed by atoms with Crippen LogP contribution >= 0.6 is 0 Å². The Morgan fingerprint density at radius 3 is 1.52 bits per heavy atom. The minimum atomic E-state index is -0.993. The SMILES string of the molecule is O=[N+]([O-])c1cccc(O)c1[N+](=O)[O-].O=[N+]([O-])c1ccccc1O. The molecule has 0 radical (unpaired) electrons. The Kier molecular flexibility index (Phi) is 5.49. The summed E-state index contributed by atoms with van der Waals surface area (Å²) in [6.07, 6.45) is 0. The summed E-state index contributed by atoms with van der Waals surface area (Å²) in [4.78, 5) is 28.1. The van der Waals surface area contributed by atoms with Crippen LogP contribution < -0.4 is 0 Å². The third-order valence-corrected chi connectivity index (χ3v) is 2.45. The second-order valence-corrected chi connectivity index (χ2v) is 3.90. The summed E-state index contributed by atoms with van der Waals surface area (Å²) in [5.41, 5.74) is -1.86. The minimum Gasteiger partial charge on any atom is -0.502 e. The second-order valence-electron chi connectivity index (χ2n) is 3.90. The van der Waals surface area contributed by atoms with E-state index < -0.39 is 31.9 Å². The molecule has 0 aromatic heterocycles. The molecule has 120 valence electrons. The smallest absolute Gasteiger partial charge is 0.387 e. The highest BCUT2D eigenvalue weighted by atomic mass is 16.6. The van der Waals surface area contributed by atoms with E-state index in [0.29, 0.717) is 0 Å². The third kappa shape index (κ3) is 4.35. The van der Waals surface area contributed by atoms with Gasteiger partial charge in [-0.05, 0) is 12.1 Å². The Morgan fingerprint density at radius 2 is 1.13 bits per heavy atom. The topological polar surface area (TPSA) is 170 Å². The Morgan fingerprint density at radius 1 is 0.652 bits per heavy atom. The zero-order chi connectivity index (χ0) is 17.6. The van der Waals surface area contributed by atoms with Gasteiger partial charge in [0.25, 0.3) is 0 Å². The van der Waals surface area contributed by atoms with Crippen LogP contribution in [0.5, 0.6) is 11.5 Å². The molecule has 0 atom stereocenters. The quantitative estimate of drug-likeness (QED) is 0.640. The van der Waals surface area contributed by atoms with Crippen molar-refractivity contribution in [3.8, 4) is 11.5 Å². The summed E-state index contributed by atoms with van der Waals surface area (Å²) < 4.78 is 0. The lowest BCUT2D eigenvalue weighted by Crippen LogP contribution is -1.96. The van der Waals surface area contributed by atoms with Gasteiger partial charge in [-0.1, -0.05) is 18.2 Å². The second kappa shape index (κ2) is 7.31. The van der Waals surface area contributed by atoms with Crippen molar-refractivity contribution in [2.75, 3.05) is 0 Å². The number of benzene rings is 2. The predicted octanol–water partition coefficient (Wildman–Crippen LogP) is 2.51. The van der Waals surface area contributed by atoms with Crippen molar-refractivity contribution in [2.45, 2.75) is 0 Å². The van der Waals surface area contributed by atoms with Crippen molar-refractivity contribution in [3.05, 3.63) is 72.8 Å². The van der Waals surface area contributed by atoms with E-state index in [1.807, 2.05) is 0 Å². The molecule has 0 spiro atoms. The first-order valence-corrected chi connectivity index (χ1v) is 5.78. The molecule has 0 unspecified atom stereocenters. The van der Waals surface area contributed by atoms with Crippen LogP contribution in [0.15, 0.2) is 42.5 Å². The fourth-order valence-electron chi connectivity index (χ4n) is 1.47. The molecular weight excluding hydrogens is 314 g/mol. The molecule has 0 aliphatic carbocycles. The van der Waals surface area contributed by atoms with Crippen LogP contribution in [0.2, 0.25) is 0 Å². The number of hydrogen-bond acceptors (Lipinski definition) is 8. The fraction of sp³-hybridized carbons (Fsp3) is 0. The highest BCUT2D eigenvalue weighted by Crippen LogP contribution is 2.34. The van der Waals surface area contributed by atoms with Crippen molar-refractivity contribution >= 4 is 17.1 Å². The molecular formula is C12H9N3O8. The maximum absolute atomic E-state index is 10.3. The number of rotatable bonds is 3. The first-order chi connectivity index (χ1) is 10.8. The van der Waals surface area contributed by atoms with Crippen molar-refractivity contribution in [2.24, 2.45) is 0 Å². The van der Waals surface area contributed by atoms with Gasteiger partial charge in [-0.3, -0.25) is 30.3 Å². The average molecular weight is 323 g/mol. The molecule has 0 saturated carbocycles. The number of hydrogen-bond donors (Lipinski definition) is 2. The molecule has 23 heavy (non-hydrogen) atoms. The van der Waals surface area contributed by atoms with Crippen LogP contribution in [0.4, 0.5) is 17.1 Å². The maximum atomic E-state index is 10.3. The van der Waals surface area contributed by atoms with Crippen LogP contribution in [-0.2, 0) is 0 Å². The molecule has 0 amide bonds.